The van der Waals surface area contributed by atoms with Gasteiger partial charge in [0.15, 0.2) is 5.69 Å². The van der Waals surface area contributed by atoms with Crippen molar-refractivity contribution in [3.05, 3.63) is 59.5 Å². The van der Waals surface area contributed by atoms with Gasteiger partial charge < -0.3 is 9.84 Å². The molecule has 8 nitrogen and oxygen atoms in total. The lowest BCUT2D eigenvalue weighted by Crippen LogP contribution is -2.30. The highest BCUT2D eigenvalue weighted by Gasteiger charge is 2.27. The van der Waals surface area contributed by atoms with Crippen molar-refractivity contribution in [1.29, 1.82) is 0 Å². The maximum Gasteiger partial charge on any atom is 0.278 e. The quantitative estimate of drug-likeness (QED) is 0.777. The number of carbonyl (C=O) groups excluding carboxylic acids is 1. The number of nitrogens with one attached hydrogen (secondary N) is 1. The van der Waals surface area contributed by atoms with Gasteiger partial charge in [0.05, 0.1) is 18.1 Å². The number of aryl methyl sites for hydroxylation is 1. The van der Waals surface area contributed by atoms with E-state index in [4.69, 9.17) is 4.52 Å². The standard InChI is InChI=1S/C17H18N6O2/c1-22-9-12(7-19-22)10-23-6-4-15-14(11-23)16(21-25-15)17(24)20-13-3-2-5-18-8-13/h2-3,5,7-9H,4,6,10-11H2,1H3,(H,20,24). The highest BCUT2D eigenvalue weighted by molar-refractivity contribution is 6.03. The average molecular weight is 338 g/mol. The molecule has 0 bridgehead atoms. The van der Waals surface area contributed by atoms with Gasteiger partial charge in [0, 0.05) is 56.6 Å². The SMILES string of the molecule is Cn1cc(CN2CCc3onc(C(=O)Nc4cccnc4)c3C2)cn1. The average Bonchev–Trinajstić information content (AvgIpc) is 3.21. The van der Waals surface area contributed by atoms with Crippen LogP contribution < -0.4 is 5.32 Å². The molecule has 3 aromatic heterocycles. The molecule has 4 heterocycles. The third-order valence-electron chi connectivity index (χ3n) is 4.21. The van der Waals surface area contributed by atoms with E-state index in [9.17, 15) is 4.79 Å². The van der Waals surface area contributed by atoms with Crippen molar-refractivity contribution in [2.24, 2.45) is 7.05 Å². The Morgan fingerprint density at radius 2 is 2.32 bits per heavy atom. The summed E-state index contributed by atoms with van der Waals surface area (Å²) in [5.74, 6) is 0.514. The van der Waals surface area contributed by atoms with Crippen LogP contribution in [0.2, 0.25) is 0 Å². The maximum absolute atomic E-state index is 12.5. The third-order valence-corrected chi connectivity index (χ3v) is 4.21. The minimum absolute atomic E-state index is 0.277. The van der Waals surface area contributed by atoms with Gasteiger partial charge in [-0.1, -0.05) is 5.16 Å². The fraction of sp³-hybridized carbons (Fsp3) is 0.294. The first-order valence-electron chi connectivity index (χ1n) is 8.08. The monoisotopic (exact) mass is 338 g/mol. The number of fused-ring (bicyclic) bond motifs is 1. The Bertz CT molecular complexity index is 886. The first kappa shape index (κ1) is 15.5. The normalized spacial score (nSPS) is 14.3. The molecule has 4 rings (SSSR count). The van der Waals surface area contributed by atoms with E-state index in [0.29, 0.717) is 17.9 Å². The van der Waals surface area contributed by atoms with Crippen molar-refractivity contribution in [3.8, 4) is 0 Å². The molecule has 0 saturated carbocycles. The van der Waals surface area contributed by atoms with Gasteiger partial charge in [-0.2, -0.15) is 5.10 Å². The predicted molar refractivity (Wildman–Crippen MR) is 89.7 cm³/mol. The number of rotatable bonds is 4. The molecule has 0 saturated heterocycles. The van der Waals surface area contributed by atoms with Gasteiger partial charge in [0.25, 0.3) is 5.91 Å². The lowest BCUT2D eigenvalue weighted by molar-refractivity contribution is 0.101. The van der Waals surface area contributed by atoms with E-state index in [0.717, 1.165) is 36.4 Å². The summed E-state index contributed by atoms with van der Waals surface area (Å²) in [4.78, 5) is 18.8. The number of nitrogens with zero attached hydrogens (tertiary/aromatic N) is 5. The van der Waals surface area contributed by atoms with Gasteiger partial charge in [-0.25, -0.2) is 0 Å². The van der Waals surface area contributed by atoms with Crippen LogP contribution in [0.1, 0.15) is 27.4 Å². The van der Waals surface area contributed by atoms with Crippen molar-refractivity contribution < 1.29 is 9.32 Å². The summed E-state index contributed by atoms with van der Waals surface area (Å²) >= 11 is 0. The molecule has 0 spiro atoms. The first-order valence-corrected chi connectivity index (χ1v) is 8.08. The van der Waals surface area contributed by atoms with E-state index >= 15 is 0 Å². The van der Waals surface area contributed by atoms with E-state index in [-0.39, 0.29) is 5.91 Å². The summed E-state index contributed by atoms with van der Waals surface area (Å²) in [5.41, 5.74) is 2.97. The highest BCUT2D eigenvalue weighted by atomic mass is 16.5. The van der Waals surface area contributed by atoms with Crippen molar-refractivity contribution in [2.75, 3.05) is 11.9 Å². The molecule has 0 unspecified atom stereocenters. The maximum atomic E-state index is 12.5. The van der Waals surface area contributed by atoms with Crippen LogP contribution >= 0.6 is 0 Å². The molecule has 0 aliphatic carbocycles. The molecule has 1 aliphatic heterocycles. The van der Waals surface area contributed by atoms with E-state index in [1.54, 1.807) is 29.2 Å². The number of anilines is 1. The molecule has 1 amide bonds. The molecular weight excluding hydrogens is 320 g/mol. The summed E-state index contributed by atoms with van der Waals surface area (Å²) < 4.78 is 7.17. The largest absolute Gasteiger partial charge is 0.360 e. The summed E-state index contributed by atoms with van der Waals surface area (Å²) in [6.07, 6.45) is 7.85. The zero-order chi connectivity index (χ0) is 17.2. The van der Waals surface area contributed by atoms with E-state index in [1.165, 1.54) is 0 Å². The summed E-state index contributed by atoms with van der Waals surface area (Å²) in [6.45, 7) is 2.27. The van der Waals surface area contributed by atoms with Crippen molar-refractivity contribution >= 4 is 11.6 Å². The lowest BCUT2D eigenvalue weighted by atomic mass is 10.1. The second-order valence-corrected chi connectivity index (χ2v) is 6.11. The molecule has 0 aromatic carbocycles. The van der Waals surface area contributed by atoms with Gasteiger partial charge in [-0.3, -0.25) is 19.4 Å². The molecule has 1 aliphatic rings. The smallest absolute Gasteiger partial charge is 0.278 e. The fourth-order valence-electron chi connectivity index (χ4n) is 3.02. The second-order valence-electron chi connectivity index (χ2n) is 6.11. The van der Waals surface area contributed by atoms with Crippen molar-refractivity contribution in [3.63, 3.8) is 0 Å². The Morgan fingerprint density at radius 3 is 3.08 bits per heavy atom. The van der Waals surface area contributed by atoms with Crippen LogP contribution in [0, 0.1) is 0 Å². The van der Waals surface area contributed by atoms with Gasteiger partial charge >= 0.3 is 0 Å². The van der Waals surface area contributed by atoms with E-state index < -0.39 is 0 Å². The van der Waals surface area contributed by atoms with Gasteiger partial charge in [0.2, 0.25) is 0 Å². The summed E-state index contributed by atoms with van der Waals surface area (Å²) in [7, 11) is 1.90. The topological polar surface area (TPSA) is 89.1 Å². The molecule has 0 radical (unpaired) electrons. The van der Waals surface area contributed by atoms with Crippen LogP contribution in [0.25, 0.3) is 0 Å². The Labute approximate surface area is 144 Å². The summed E-state index contributed by atoms with van der Waals surface area (Å²) in [5, 5.41) is 11.0. The molecule has 25 heavy (non-hydrogen) atoms. The lowest BCUT2D eigenvalue weighted by Gasteiger charge is -2.25. The van der Waals surface area contributed by atoms with Crippen LogP contribution in [0.4, 0.5) is 5.69 Å². The number of amides is 1. The number of aromatic nitrogens is 4. The Kier molecular flexibility index (Phi) is 4.02. The third kappa shape index (κ3) is 3.29. The van der Waals surface area contributed by atoms with Crippen LogP contribution in [-0.2, 0) is 26.6 Å². The fourth-order valence-corrected chi connectivity index (χ4v) is 3.02. The van der Waals surface area contributed by atoms with Crippen LogP contribution in [-0.4, -0.2) is 37.3 Å². The minimum Gasteiger partial charge on any atom is -0.360 e. The van der Waals surface area contributed by atoms with Crippen molar-refractivity contribution in [2.45, 2.75) is 19.5 Å². The number of hydrogen-bond acceptors (Lipinski definition) is 6. The van der Waals surface area contributed by atoms with Crippen LogP contribution in [0.15, 0.2) is 41.4 Å². The second kappa shape index (κ2) is 6.48. The number of carbonyl (C=O) groups is 1. The van der Waals surface area contributed by atoms with Crippen LogP contribution in [0.3, 0.4) is 0 Å². The minimum atomic E-state index is -0.277. The van der Waals surface area contributed by atoms with Gasteiger partial charge in [-0.05, 0) is 12.1 Å². The molecular formula is C17H18N6O2. The Balaban J connectivity index is 1.49. The van der Waals surface area contributed by atoms with Crippen molar-refractivity contribution in [1.82, 2.24) is 24.8 Å². The van der Waals surface area contributed by atoms with E-state index in [1.807, 2.05) is 19.4 Å². The number of hydrogen-bond donors (Lipinski definition) is 1. The predicted octanol–water partition coefficient (Wildman–Crippen LogP) is 1.61. The highest BCUT2D eigenvalue weighted by Crippen LogP contribution is 2.24. The molecule has 1 N–H and O–H groups in total. The molecule has 128 valence electrons. The zero-order valence-electron chi connectivity index (χ0n) is 13.8. The van der Waals surface area contributed by atoms with Crippen LogP contribution in [0.5, 0.6) is 0 Å². The first-order chi connectivity index (χ1) is 12.2. The molecule has 0 atom stereocenters. The Hall–Kier alpha value is -3.00. The van der Waals surface area contributed by atoms with E-state index in [2.05, 4.69) is 25.5 Å². The molecule has 8 heteroatoms. The number of pyridine rings is 1. The molecule has 3 aromatic rings. The zero-order valence-corrected chi connectivity index (χ0v) is 13.8. The van der Waals surface area contributed by atoms with Gasteiger partial charge in [0.1, 0.15) is 5.76 Å². The molecule has 0 fully saturated rings. The Morgan fingerprint density at radius 1 is 1.40 bits per heavy atom. The summed E-state index contributed by atoms with van der Waals surface area (Å²) in [6, 6.07) is 3.55. The van der Waals surface area contributed by atoms with Gasteiger partial charge in [-0.15, -0.1) is 0 Å².